The normalized spacial score (nSPS) is 18.9. The quantitative estimate of drug-likeness (QED) is 0.433. The first-order valence-corrected chi connectivity index (χ1v) is 9.48. The molecule has 2 aliphatic rings. The summed E-state index contributed by atoms with van der Waals surface area (Å²) in [6.07, 6.45) is 2.63. The van der Waals surface area contributed by atoms with E-state index in [2.05, 4.69) is 5.32 Å². The average Bonchev–Trinajstić information content (AvgIpc) is 3.47. The van der Waals surface area contributed by atoms with Crippen LogP contribution < -0.4 is 15.6 Å². The summed E-state index contributed by atoms with van der Waals surface area (Å²) in [6.45, 7) is 2.26. The highest BCUT2D eigenvalue weighted by atomic mass is 35.5. The second-order valence-corrected chi connectivity index (χ2v) is 7.64. The van der Waals surface area contributed by atoms with E-state index in [1.54, 1.807) is 4.90 Å². The first kappa shape index (κ1) is 22.1. The van der Waals surface area contributed by atoms with Crippen LogP contribution in [-0.4, -0.2) is 47.5 Å². The number of pyridine rings is 1. The van der Waals surface area contributed by atoms with Gasteiger partial charge in [-0.2, -0.15) is 0 Å². The van der Waals surface area contributed by atoms with Crippen molar-refractivity contribution < 1.29 is 18.5 Å². The number of piperazine rings is 1. The third-order valence-corrected chi connectivity index (χ3v) is 5.38. The van der Waals surface area contributed by atoms with Gasteiger partial charge in [0.15, 0.2) is 5.82 Å². The van der Waals surface area contributed by atoms with Gasteiger partial charge in [-0.15, -0.1) is 12.4 Å². The molecule has 4 rings (SSSR count). The summed E-state index contributed by atoms with van der Waals surface area (Å²) in [5.41, 5.74) is -1.55. The van der Waals surface area contributed by atoms with Gasteiger partial charge in [-0.25, -0.2) is 8.78 Å². The molecule has 0 radical (unpaired) electrons. The number of hydrogen-bond acceptors (Lipinski definition) is 6. The predicted octanol–water partition coefficient (Wildman–Crippen LogP) is 2.29. The van der Waals surface area contributed by atoms with E-state index < -0.39 is 39.9 Å². The van der Waals surface area contributed by atoms with E-state index in [1.165, 1.54) is 10.8 Å². The lowest BCUT2D eigenvalue weighted by Gasteiger charge is -2.34. The van der Waals surface area contributed by atoms with Gasteiger partial charge in [0.1, 0.15) is 11.5 Å². The first-order chi connectivity index (χ1) is 13.8. The van der Waals surface area contributed by atoms with Crippen LogP contribution in [0.5, 0.6) is 0 Å². The van der Waals surface area contributed by atoms with Gasteiger partial charge in [-0.1, -0.05) is 0 Å². The molecule has 1 saturated carbocycles. The molecule has 30 heavy (non-hydrogen) atoms. The number of aromatic nitrogens is 1. The van der Waals surface area contributed by atoms with Crippen LogP contribution in [-0.2, 0) is 0 Å². The summed E-state index contributed by atoms with van der Waals surface area (Å²) in [5.74, 6) is -2.70. The highest BCUT2D eigenvalue weighted by Gasteiger charge is 2.32. The third-order valence-electron chi connectivity index (χ3n) is 5.38. The molecule has 8 nitrogen and oxygen atoms in total. The van der Waals surface area contributed by atoms with Gasteiger partial charge in [0.2, 0.25) is 11.2 Å². The number of rotatable bonds is 5. The van der Waals surface area contributed by atoms with Crippen LogP contribution in [0.25, 0.3) is 10.9 Å². The Bertz CT molecular complexity index is 1090. The minimum absolute atomic E-state index is 0. The first-order valence-electron chi connectivity index (χ1n) is 9.48. The van der Waals surface area contributed by atoms with Gasteiger partial charge in [-0.05, 0) is 25.8 Å². The lowest BCUT2D eigenvalue weighted by atomic mass is 10.1. The number of nitro groups is 1. The average molecular weight is 443 g/mol. The van der Waals surface area contributed by atoms with Crippen molar-refractivity contribution in [1.29, 1.82) is 0 Å². The molecule has 2 heterocycles. The third kappa shape index (κ3) is 3.89. The van der Waals surface area contributed by atoms with Crippen molar-refractivity contribution in [3.63, 3.8) is 0 Å². The molecule has 11 heteroatoms. The number of carbonyl (C=O) groups is 1. The van der Waals surface area contributed by atoms with Gasteiger partial charge in [0, 0.05) is 42.8 Å². The molecule has 0 bridgehead atoms. The zero-order chi connectivity index (χ0) is 20.9. The maximum Gasteiger partial charge on any atom is 0.266 e. The van der Waals surface area contributed by atoms with Gasteiger partial charge in [0.05, 0.1) is 16.5 Å². The second-order valence-electron chi connectivity index (χ2n) is 7.64. The minimum Gasteiger partial charge on any atom is -0.364 e. The summed E-state index contributed by atoms with van der Waals surface area (Å²) >= 11 is 0. The van der Waals surface area contributed by atoms with E-state index in [-0.39, 0.29) is 41.1 Å². The fraction of sp³-hybridized carbons (Fsp3) is 0.474. The van der Waals surface area contributed by atoms with Crippen molar-refractivity contribution in [1.82, 2.24) is 9.88 Å². The van der Waals surface area contributed by atoms with E-state index in [1.807, 2.05) is 6.92 Å². The second kappa shape index (κ2) is 8.27. The van der Waals surface area contributed by atoms with Crippen molar-refractivity contribution in [2.24, 2.45) is 0 Å². The maximum atomic E-state index is 15.6. The van der Waals surface area contributed by atoms with Crippen molar-refractivity contribution in [2.45, 2.75) is 31.8 Å². The van der Waals surface area contributed by atoms with Crippen LogP contribution in [0.15, 0.2) is 17.1 Å². The van der Waals surface area contributed by atoms with Gasteiger partial charge in [0.25, 0.3) is 6.54 Å². The van der Waals surface area contributed by atoms with Crippen LogP contribution in [0, 0.1) is 21.7 Å². The summed E-state index contributed by atoms with van der Waals surface area (Å²) in [7, 11) is 0. The Morgan fingerprint density at radius 3 is 2.67 bits per heavy atom. The number of Topliss-reactive ketones (excluding diaryl/α,β-unsaturated/α-hetero) is 1. The van der Waals surface area contributed by atoms with Crippen LogP contribution in [0.4, 0.5) is 14.5 Å². The van der Waals surface area contributed by atoms with E-state index in [4.69, 9.17) is 0 Å². The summed E-state index contributed by atoms with van der Waals surface area (Å²) in [4.78, 5) is 36.4. The van der Waals surface area contributed by atoms with Crippen LogP contribution in [0.2, 0.25) is 0 Å². The number of fused-ring (bicyclic) bond motifs is 1. The van der Waals surface area contributed by atoms with Crippen LogP contribution >= 0.6 is 12.4 Å². The standard InChI is InChI=1S/C19H20F2N4O4.ClH/c1-10-7-23(5-4-22-10)18-14(20)6-12-17(16(18)21)24(11-2-3-11)8-13(19(12)27)15(26)9-25(28)29;/h6,8,10-11,22H,2-5,7,9H2,1H3;1H. The number of carbonyl (C=O) groups excluding carboxylic acids is 1. The number of benzene rings is 1. The van der Waals surface area contributed by atoms with Crippen molar-refractivity contribution in [3.8, 4) is 0 Å². The molecular weight excluding hydrogens is 422 g/mol. The SMILES string of the molecule is CC1CN(c2c(F)cc3c(=O)c(C(=O)C[N+](=O)[O-])cn(C4CC4)c3c2F)CCN1.Cl. The molecule has 1 N–H and O–H groups in total. The van der Waals surface area contributed by atoms with Gasteiger partial charge >= 0.3 is 0 Å². The molecule has 1 saturated heterocycles. The lowest BCUT2D eigenvalue weighted by molar-refractivity contribution is -0.465. The molecule has 1 atom stereocenters. The molecule has 2 aromatic rings. The van der Waals surface area contributed by atoms with Crippen LogP contribution in [0.3, 0.4) is 0 Å². The van der Waals surface area contributed by atoms with Gasteiger partial charge in [-0.3, -0.25) is 19.7 Å². The zero-order valence-corrected chi connectivity index (χ0v) is 17.0. The highest BCUT2D eigenvalue weighted by molar-refractivity contribution is 6.00. The number of ketones is 1. The molecule has 1 aromatic carbocycles. The van der Waals surface area contributed by atoms with Crippen molar-refractivity contribution >= 4 is 34.8 Å². The summed E-state index contributed by atoms with van der Waals surface area (Å²) in [5, 5.41) is 13.6. The number of anilines is 1. The van der Waals surface area contributed by atoms with E-state index >= 15 is 4.39 Å². The van der Waals surface area contributed by atoms with Gasteiger partial charge < -0.3 is 14.8 Å². The smallest absolute Gasteiger partial charge is 0.266 e. The van der Waals surface area contributed by atoms with E-state index in [0.717, 1.165) is 18.9 Å². The molecule has 0 amide bonds. The molecule has 1 unspecified atom stereocenters. The molecule has 2 fully saturated rings. The minimum atomic E-state index is -1.05. The number of hydrogen-bond donors (Lipinski definition) is 1. The van der Waals surface area contributed by atoms with Crippen molar-refractivity contribution in [2.75, 3.05) is 31.1 Å². The monoisotopic (exact) mass is 442 g/mol. The Balaban J connectivity index is 0.00000256. The molecule has 0 spiro atoms. The molecular formula is C19H21ClF2N4O4. The van der Waals surface area contributed by atoms with E-state index in [0.29, 0.717) is 19.6 Å². The number of nitrogens with zero attached hydrogens (tertiary/aromatic N) is 3. The Labute approximate surface area is 176 Å². The Morgan fingerprint density at radius 2 is 2.07 bits per heavy atom. The topological polar surface area (TPSA) is 97.5 Å². The molecule has 1 aliphatic carbocycles. The Morgan fingerprint density at radius 1 is 1.37 bits per heavy atom. The Kier molecular flexibility index (Phi) is 6.09. The van der Waals surface area contributed by atoms with E-state index in [9.17, 15) is 24.1 Å². The Hall–Kier alpha value is -2.59. The summed E-state index contributed by atoms with van der Waals surface area (Å²) < 4.78 is 31.9. The fourth-order valence-corrected chi connectivity index (χ4v) is 3.90. The predicted molar refractivity (Wildman–Crippen MR) is 110 cm³/mol. The summed E-state index contributed by atoms with van der Waals surface area (Å²) in [6, 6.07) is 0.867. The number of halogens is 3. The maximum absolute atomic E-state index is 15.6. The lowest BCUT2D eigenvalue weighted by Crippen LogP contribution is -2.49. The van der Waals surface area contributed by atoms with Crippen molar-refractivity contribution in [3.05, 3.63) is 49.8 Å². The molecule has 1 aliphatic heterocycles. The fourth-order valence-electron chi connectivity index (χ4n) is 3.90. The van der Waals surface area contributed by atoms with Crippen LogP contribution in [0.1, 0.15) is 36.2 Å². The molecule has 162 valence electrons. The largest absolute Gasteiger partial charge is 0.364 e. The number of nitrogens with one attached hydrogen (secondary N) is 1. The highest BCUT2D eigenvalue weighted by Crippen LogP contribution is 2.39. The zero-order valence-electron chi connectivity index (χ0n) is 16.2. The molecule has 1 aromatic heterocycles.